The summed E-state index contributed by atoms with van der Waals surface area (Å²) in [6, 6.07) is 3.23. The number of unbranched alkanes of at least 4 members (excludes halogenated alkanes) is 1. The van der Waals surface area contributed by atoms with E-state index in [1.807, 2.05) is 6.92 Å². The number of pyridine rings is 1. The third-order valence-electron chi connectivity index (χ3n) is 2.35. The minimum Gasteiger partial charge on any atom is -0.407 e. The second-order valence-electron chi connectivity index (χ2n) is 3.62. The molecule has 0 aromatic carbocycles. The van der Waals surface area contributed by atoms with Crippen molar-refractivity contribution in [1.29, 1.82) is 0 Å². The van der Waals surface area contributed by atoms with Crippen molar-refractivity contribution in [3.8, 4) is 0 Å². The van der Waals surface area contributed by atoms with Crippen LogP contribution in [0.5, 0.6) is 0 Å². The lowest BCUT2D eigenvalue weighted by atomic mass is 10.3. The van der Waals surface area contributed by atoms with E-state index in [1.54, 1.807) is 12.1 Å². The summed E-state index contributed by atoms with van der Waals surface area (Å²) in [6.45, 7) is 2.43. The molecule has 0 aliphatic heterocycles. The number of H-pyrrole nitrogens is 1. The summed E-state index contributed by atoms with van der Waals surface area (Å²) in [4.78, 5) is 34.6. The van der Waals surface area contributed by atoms with Crippen LogP contribution < -0.4 is 16.1 Å². The van der Waals surface area contributed by atoms with Gasteiger partial charge in [-0.05, 0) is 18.6 Å². The lowest BCUT2D eigenvalue weighted by molar-refractivity contribution is 0.105. The molecule has 2 aromatic rings. The molecule has 2 aromatic heterocycles. The van der Waals surface area contributed by atoms with Crippen LogP contribution >= 0.6 is 0 Å². The molecule has 0 radical (unpaired) electrons. The molecule has 2 rings (SSSR count). The van der Waals surface area contributed by atoms with Crippen LogP contribution in [-0.4, -0.2) is 21.3 Å². The standard InChI is InChI=1S/C11H13N3O3/c1-2-3-7-17-14-9-8(5-4-6-12-9)10(15)13-11(14)16/h4-6H,2-3,7H2,1H3,(H,13,15,16). The minimum absolute atomic E-state index is 0.248. The first-order valence-corrected chi connectivity index (χ1v) is 5.47. The third-order valence-corrected chi connectivity index (χ3v) is 2.35. The smallest absolute Gasteiger partial charge is 0.363 e. The zero-order valence-electron chi connectivity index (χ0n) is 9.47. The monoisotopic (exact) mass is 235 g/mol. The van der Waals surface area contributed by atoms with Gasteiger partial charge in [0.2, 0.25) is 0 Å². The first-order chi connectivity index (χ1) is 8.24. The van der Waals surface area contributed by atoms with Crippen molar-refractivity contribution >= 4 is 11.0 Å². The van der Waals surface area contributed by atoms with Crippen LogP contribution in [0, 0.1) is 0 Å². The largest absolute Gasteiger partial charge is 0.407 e. The maximum Gasteiger partial charge on any atom is 0.363 e. The number of aromatic amines is 1. The fraction of sp³-hybridized carbons (Fsp3) is 0.364. The number of nitrogens with zero attached hydrogens (tertiary/aromatic N) is 2. The molecule has 0 atom stereocenters. The van der Waals surface area contributed by atoms with Crippen LogP contribution in [0.15, 0.2) is 27.9 Å². The Bertz CT molecular complexity index is 630. The van der Waals surface area contributed by atoms with Crippen LogP contribution in [0.2, 0.25) is 0 Å². The molecular weight excluding hydrogens is 222 g/mol. The molecule has 1 N–H and O–H groups in total. The highest BCUT2D eigenvalue weighted by Crippen LogP contribution is 2.01. The molecule has 0 spiro atoms. The Balaban J connectivity index is 2.54. The Morgan fingerprint density at radius 2 is 2.29 bits per heavy atom. The van der Waals surface area contributed by atoms with E-state index in [0.717, 1.165) is 17.6 Å². The van der Waals surface area contributed by atoms with Crippen molar-refractivity contribution in [3.63, 3.8) is 0 Å². The first kappa shape index (κ1) is 11.4. The van der Waals surface area contributed by atoms with E-state index < -0.39 is 11.2 Å². The summed E-state index contributed by atoms with van der Waals surface area (Å²) in [6.07, 6.45) is 3.31. The Kier molecular flexibility index (Phi) is 3.22. The summed E-state index contributed by atoms with van der Waals surface area (Å²) in [5, 5.41) is 0.337. The molecule has 0 aliphatic carbocycles. The number of hydrogen-bond donors (Lipinski definition) is 1. The van der Waals surface area contributed by atoms with Crippen molar-refractivity contribution in [1.82, 2.24) is 14.7 Å². The average molecular weight is 235 g/mol. The van der Waals surface area contributed by atoms with Crippen LogP contribution in [0.4, 0.5) is 0 Å². The normalized spacial score (nSPS) is 10.6. The maximum atomic E-state index is 11.6. The fourth-order valence-electron chi connectivity index (χ4n) is 1.47. The molecule has 6 nitrogen and oxygen atoms in total. The molecule has 0 amide bonds. The lowest BCUT2D eigenvalue weighted by Crippen LogP contribution is -2.35. The SMILES string of the molecule is CCCCOn1c(=O)[nH]c(=O)c2cccnc21. The number of hydrogen-bond acceptors (Lipinski definition) is 4. The zero-order chi connectivity index (χ0) is 12.3. The molecule has 0 aliphatic rings. The van der Waals surface area contributed by atoms with E-state index in [2.05, 4.69) is 9.97 Å². The van der Waals surface area contributed by atoms with Crippen molar-refractivity contribution in [2.75, 3.05) is 6.61 Å². The van der Waals surface area contributed by atoms with Gasteiger partial charge in [0.1, 0.15) is 6.61 Å². The van der Waals surface area contributed by atoms with Gasteiger partial charge in [-0.15, -0.1) is 4.73 Å². The van der Waals surface area contributed by atoms with Crippen LogP contribution in [0.1, 0.15) is 19.8 Å². The van der Waals surface area contributed by atoms with Gasteiger partial charge in [0, 0.05) is 6.20 Å². The number of rotatable bonds is 4. The Morgan fingerprint density at radius 3 is 3.06 bits per heavy atom. The summed E-state index contributed by atoms with van der Waals surface area (Å²) in [5.41, 5.74) is -0.803. The predicted octanol–water partition coefficient (Wildman–Crippen LogP) is 0.313. The highest BCUT2D eigenvalue weighted by molar-refractivity contribution is 5.72. The average Bonchev–Trinajstić information content (AvgIpc) is 2.33. The van der Waals surface area contributed by atoms with E-state index >= 15 is 0 Å². The van der Waals surface area contributed by atoms with Gasteiger partial charge in [-0.2, -0.15) is 0 Å². The first-order valence-electron chi connectivity index (χ1n) is 5.47. The molecular formula is C11H13N3O3. The van der Waals surface area contributed by atoms with Crippen molar-refractivity contribution in [2.24, 2.45) is 0 Å². The summed E-state index contributed by atoms with van der Waals surface area (Å²) in [7, 11) is 0. The van der Waals surface area contributed by atoms with Gasteiger partial charge in [0.25, 0.3) is 5.56 Å². The number of fused-ring (bicyclic) bond motifs is 1. The number of nitrogens with one attached hydrogen (secondary N) is 1. The summed E-state index contributed by atoms with van der Waals surface area (Å²) >= 11 is 0. The predicted molar refractivity (Wildman–Crippen MR) is 63.0 cm³/mol. The highest BCUT2D eigenvalue weighted by Gasteiger charge is 2.08. The van der Waals surface area contributed by atoms with Gasteiger partial charge in [-0.1, -0.05) is 13.3 Å². The molecule has 0 bridgehead atoms. The maximum absolute atomic E-state index is 11.6. The van der Waals surface area contributed by atoms with E-state index in [9.17, 15) is 9.59 Å². The van der Waals surface area contributed by atoms with Gasteiger partial charge in [0.15, 0.2) is 5.65 Å². The molecule has 2 heterocycles. The van der Waals surface area contributed by atoms with Gasteiger partial charge in [0.05, 0.1) is 5.39 Å². The topological polar surface area (TPSA) is 77.0 Å². The molecule has 0 unspecified atom stereocenters. The summed E-state index contributed by atoms with van der Waals surface area (Å²) in [5.74, 6) is 0. The van der Waals surface area contributed by atoms with E-state index in [1.165, 1.54) is 6.20 Å². The van der Waals surface area contributed by atoms with Gasteiger partial charge >= 0.3 is 5.69 Å². The molecule has 6 heteroatoms. The van der Waals surface area contributed by atoms with Crippen LogP contribution in [-0.2, 0) is 0 Å². The van der Waals surface area contributed by atoms with Gasteiger partial charge in [-0.3, -0.25) is 9.78 Å². The molecule has 90 valence electrons. The minimum atomic E-state index is -0.600. The molecule has 0 saturated carbocycles. The van der Waals surface area contributed by atoms with Gasteiger partial charge < -0.3 is 4.84 Å². The van der Waals surface area contributed by atoms with Crippen molar-refractivity contribution in [3.05, 3.63) is 39.2 Å². The van der Waals surface area contributed by atoms with Crippen molar-refractivity contribution < 1.29 is 4.84 Å². The molecule has 17 heavy (non-hydrogen) atoms. The van der Waals surface area contributed by atoms with Crippen molar-refractivity contribution in [2.45, 2.75) is 19.8 Å². The Labute approximate surface area is 96.8 Å². The van der Waals surface area contributed by atoms with Crippen LogP contribution in [0.25, 0.3) is 11.0 Å². The Hall–Kier alpha value is -2.11. The lowest BCUT2D eigenvalue weighted by Gasteiger charge is -2.08. The van der Waals surface area contributed by atoms with Crippen LogP contribution in [0.3, 0.4) is 0 Å². The summed E-state index contributed by atoms with van der Waals surface area (Å²) < 4.78 is 1.03. The zero-order valence-corrected chi connectivity index (χ0v) is 9.47. The molecule has 0 fully saturated rings. The fourth-order valence-corrected chi connectivity index (χ4v) is 1.47. The highest BCUT2D eigenvalue weighted by atomic mass is 16.7. The third kappa shape index (κ3) is 2.20. The quantitative estimate of drug-likeness (QED) is 0.774. The second kappa shape index (κ2) is 4.82. The Morgan fingerprint density at radius 1 is 1.47 bits per heavy atom. The number of aromatic nitrogens is 3. The molecule has 0 saturated heterocycles. The van der Waals surface area contributed by atoms with E-state index in [0.29, 0.717) is 12.0 Å². The van der Waals surface area contributed by atoms with E-state index in [4.69, 9.17) is 4.84 Å². The van der Waals surface area contributed by atoms with Gasteiger partial charge in [-0.25, -0.2) is 9.78 Å². The second-order valence-corrected chi connectivity index (χ2v) is 3.62. The van der Waals surface area contributed by atoms with E-state index in [-0.39, 0.29) is 5.65 Å².